The number of carbonyl (C=O) groups excluding carboxylic acids is 1. The maximum absolute atomic E-state index is 11.7. The molecule has 1 atom stereocenters. The van der Waals surface area contributed by atoms with Gasteiger partial charge in [0.15, 0.2) is 6.10 Å². The number of aliphatic hydroxyl groups excluding tert-OH is 1. The number of aliphatic hydroxyl groups is 1. The number of carboxylic acid groups (broad SMARTS) is 1. The van der Waals surface area contributed by atoms with Gasteiger partial charge in [0.2, 0.25) is 5.76 Å². The third kappa shape index (κ3) is 3.21. The van der Waals surface area contributed by atoms with Crippen LogP contribution in [0.25, 0.3) is 11.3 Å². The highest BCUT2D eigenvalue weighted by Gasteiger charge is 2.18. The molecule has 0 saturated carbocycles. The van der Waals surface area contributed by atoms with Gasteiger partial charge in [0.25, 0.3) is 5.91 Å². The third-order valence-corrected chi connectivity index (χ3v) is 2.54. The van der Waals surface area contributed by atoms with E-state index in [4.69, 9.17) is 14.7 Å². The summed E-state index contributed by atoms with van der Waals surface area (Å²) in [6.07, 6.45) is -1.66. The number of hydrogen-bond donors (Lipinski definition) is 3. The fraction of sp³-hybridized carbons (Fsp3) is 0.154. The van der Waals surface area contributed by atoms with E-state index in [0.29, 0.717) is 5.69 Å². The minimum atomic E-state index is -1.66. The van der Waals surface area contributed by atoms with Gasteiger partial charge in [0.1, 0.15) is 5.69 Å². The standard InChI is InChI=1S/C13H12N2O5/c16-10(13(18)19)7-14-12(17)11-6-9(15-20-11)8-4-2-1-3-5-8/h1-6,10,16H,7H2,(H,14,17)(H,18,19)/t10-/m0/s1. The zero-order valence-corrected chi connectivity index (χ0v) is 10.3. The van der Waals surface area contributed by atoms with Gasteiger partial charge in [-0.2, -0.15) is 0 Å². The molecule has 104 valence electrons. The molecule has 7 nitrogen and oxygen atoms in total. The van der Waals surface area contributed by atoms with Crippen LogP contribution in [-0.4, -0.2) is 39.9 Å². The van der Waals surface area contributed by atoms with Crippen molar-refractivity contribution in [1.29, 1.82) is 0 Å². The Hall–Kier alpha value is -2.67. The number of carboxylic acids is 1. The van der Waals surface area contributed by atoms with Crippen LogP contribution in [0.1, 0.15) is 10.6 Å². The SMILES string of the molecule is O=C(NC[C@H](O)C(=O)O)c1cc(-c2ccccc2)no1. The first-order valence-corrected chi connectivity index (χ1v) is 5.79. The highest BCUT2D eigenvalue weighted by molar-refractivity contribution is 5.92. The third-order valence-electron chi connectivity index (χ3n) is 2.54. The van der Waals surface area contributed by atoms with Crippen molar-refractivity contribution in [1.82, 2.24) is 10.5 Å². The van der Waals surface area contributed by atoms with Crippen LogP contribution in [0.15, 0.2) is 40.9 Å². The van der Waals surface area contributed by atoms with Gasteiger partial charge in [-0.25, -0.2) is 4.79 Å². The molecule has 3 N–H and O–H groups in total. The Morgan fingerprint density at radius 1 is 1.30 bits per heavy atom. The molecule has 1 heterocycles. The molecule has 0 spiro atoms. The van der Waals surface area contributed by atoms with Crippen molar-refractivity contribution in [2.75, 3.05) is 6.54 Å². The monoisotopic (exact) mass is 276 g/mol. The number of aliphatic carboxylic acids is 1. The largest absolute Gasteiger partial charge is 0.479 e. The van der Waals surface area contributed by atoms with Gasteiger partial charge in [-0.15, -0.1) is 0 Å². The second-order valence-corrected chi connectivity index (χ2v) is 4.01. The second kappa shape index (κ2) is 5.98. The van der Waals surface area contributed by atoms with Crippen LogP contribution < -0.4 is 5.32 Å². The van der Waals surface area contributed by atoms with Crippen LogP contribution in [0.3, 0.4) is 0 Å². The Bertz CT molecular complexity index is 608. The van der Waals surface area contributed by atoms with Crippen LogP contribution in [0, 0.1) is 0 Å². The van der Waals surface area contributed by atoms with E-state index in [-0.39, 0.29) is 5.76 Å². The Morgan fingerprint density at radius 2 is 2.00 bits per heavy atom. The molecule has 0 bridgehead atoms. The minimum absolute atomic E-state index is 0.0542. The van der Waals surface area contributed by atoms with Gasteiger partial charge in [-0.05, 0) is 0 Å². The fourth-order valence-corrected chi connectivity index (χ4v) is 1.49. The normalized spacial score (nSPS) is 11.8. The smallest absolute Gasteiger partial charge is 0.334 e. The van der Waals surface area contributed by atoms with Gasteiger partial charge < -0.3 is 20.1 Å². The Labute approximate surface area is 113 Å². The second-order valence-electron chi connectivity index (χ2n) is 4.01. The van der Waals surface area contributed by atoms with E-state index in [1.54, 1.807) is 0 Å². The number of hydrogen-bond acceptors (Lipinski definition) is 5. The number of nitrogens with zero attached hydrogens (tertiary/aromatic N) is 1. The minimum Gasteiger partial charge on any atom is -0.479 e. The maximum atomic E-state index is 11.7. The average Bonchev–Trinajstić information content (AvgIpc) is 2.95. The first kappa shape index (κ1) is 13.8. The van der Waals surface area contributed by atoms with E-state index >= 15 is 0 Å². The molecular formula is C13H12N2O5. The van der Waals surface area contributed by atoms with Crippen molar-refractivity contribution in [2.24, 2.45) is 0 Å². The molecule has 1 aromatic carbocycles. The molecule has 0 aliphatic heterocycles. The molecule has 2 rings (SSSR count). The van der Waals surface area contributed by atoms with Crippen molar-refractivity contribution in [3.05, 3.63) is 42.2 Å². The molecule has 0 fully saturated rings. The highest BCUT2D eigenvalue weighted by atomic mass is 16.5. The van der Waals surface area contributed by atoms with Crippen molar-refractivity contribution < 1.29 is 24.3 Å². The fourth-order valence-electron chi connectivity index (χ4n) is 1.49. The molecule has 0 unspecified atom stereocenters. The maximum Gasteiger partial charge on any atom is 0.334 e. The molecule has 0 aliphatic rings. The predicted octanol–water partition coefficient (Wildman–Crippen LogP) is 0.517. The summed E-state index contributed by atoms with van der Waals surface area (Å²) in [6.45, 7) is -0.407. The first-order chi connectivity index (χ1) is 9.58. The van der Waals surface area contributed by atoms with Crippen LogP contribution in [0.4, 0.5) is 0 Å². The van der Waals surface area contributed by atoms with Crippen molar-refractivity contribution in [2.45, 2.75) is 6.10 Å². The lowest BCUT2D eigenvalue weighted by Gasteiger charge is -2.05. The lowest BCUT2D eigenvalue weighted by Crippen LogP contribution is -2.36. The van der Waals surface area contributed by atoms with Crippen molar-refractivity contribution in [3.63, 3.8) is 0 Å². The van der Waals surface area contributed by atoms with Crippen molar-refractivity contribution in [3.8, 4) is 11.3 Å². The Morgan fingerprint density at radius 3 is 2.65 bits per heavy atom. The van der Waals surface area contributed by atoms with E-state index in [9.17, 15) is 9.59 Å². The molecule has 0 aliphatic carbocycles. The molecule has 20 heavy (non-hydrogen) atoms. The van der Waals surface area contributed by atoms with Crippen molar-refractivity contribution >= 4 is 11.9 Å². The van der Waals surface area contributed by atoms with E-state index in [0.717, 1.165) is 5.56 Å². The highest BCUT2D eigenvalue weighted by Crippen LogP contribution is 2.18. The Kier molecular flexibility index (Phi) is 4.11. The van der Waals surface area contributed by atoms with E-state index < -0.39 is 24.5 Å². The summed E-state index contributed by atoms with van der Waals surface area (Å²) in [4.78, 5) is 22.1. The van der Waals surface area contributed by atoms with Crippen LogP contribution in [0.5, 0.6) is 0 Å². The summed E-state index contributed by atoms with van der Waals surface area (Å²) in [5.74, 6) is -2.10. The molecule has 0 saturated heterocycles. The van der Waals surface area contributed by atoms with Gasteiger partial charge in [0.05, 0.1) is 6.54 Å². The summed E-state index contributed by atoms with van der Waals surface area (Å²) < 4.78 is 4.88. The lowest BCUT2D eigenvalue weighted by atomic mass is 10.1. The van der Waals surface area contributed by atoms with Gasteiger partial charge in [-0.3, -0.25) is 4.79 Å². The van der Waals surface area contributed by atoms with Gasteiger partial charge in [-0.1, -0.05) is 35.5 Å². The van der Waals surface area contributed by atoms with Crippen LogP contribution in [-0.2, 0) is 4.79 Å². The number of nitrogens with one attached hydrogen (secondary N) is 1. The number of amides is 1. The van der Waals surface area contributed by atoms with Crippen LogP contribution in [0.2, 0.25) is 0 Å². The summed E-state index contributed by atoms with van der Waals surface area (Å²) in [7, 11) is 0. The quantitative estimate of drug-likeness (QED) is 0.733. The van der Waals surface area contributed by atoms with Gasteiger partial charge in [0, 0.05) is 11.6 Å². The zero-order chi connectivity index (χ0) is 14.5. The molecule has 1 amide bonds. The molecule has 2 aromatic rings. The van der Waals surface area contributed by atoms with Gasteiger partial charge >= 0.3 is 5.97 Å². The summed E-state index contributed by atoms with van der Waals surface area (Å²) in [5.41, 5.74) is 1.29. The van der Waals surface area contributed by atoms with Crippen LogP contribution >= 0.6 is 0 Å². The molecule has 0 radical (unpaired) electrons. The topological polar surface area (TPSA) is 113 Å². The zero-order valence-electron chi connectivity index (χ0n) is 10.3. The Balaban J connectivity index is 2.02. The van der Waals surface area contributed by atoms with E-state index in [1.807, 2.05) is 30.3 Å². The number of rotatable bonds is 5. The number of carbonyl (C=O) groups is 2. The summed E-state index contributed by atoms with van der Waals surface area (Å²) in [5, 5.41) is 23.5. The summed E-state index contributed by atoms with van der Waals surface area (Å²) in [6, 6.07) is 10.6. The molecule has 7 heteroatoms. The molecule has 1 aromatic heterocycles. The average molecular weight is 276 g/mol. The lowest BCUT2D eigenvalue weighted by molar-refractivity contribution is -0.146. The summed E-state index contributed by atoms with van der Waals surface area (Å²) >= 11 is 0. The number of aromatic nitrogens is 1. The first-order valence-electron chi connectivity index (χ1n) is 5.79. The van der Waals surface area contributed by atoms with E-state index in [1.165, 1.54) is 6.07 Å². The number of benzene rings is 1. The van der Waals surface area contributed by atoms with E-state index in [2.05, 4.69) is 10.5 Å². The predicted molar refractivity (Wildman–Crippen MR) is 67.9 cm³/mol. The molecular weight excluding hydrogens is 264 g/mol.